The van der Waals surface area contributed by atoms with E-state index in [2.05, 4.69) is 53.1 Å². The van der Waals surface area contributed by atoms with Crippen LogP contribution in [0.4, 0.5) is 0 Å². The summed E-state index contributed by atoms with van der Waals surface area (Å²) in [6, 6.07) is 24.5. The number of rotatable bonds is 4. The van der Waals surface area contributed by atoms with Crippen molar-refractivity contribution in [1.82, 2.24) is 0 Å². The predicted molar refractivity (Wildman–Crippen MR) is 124 cm³/mol. The minimum atomic E-state index is -0.00748. The van der Waals surface area contributed by atoms with Crippen LogP contribution in [0.1, 0.15) is 21.7 Å². The summed E-state index contributed by atoms with van der Waals surface area (Å²) in [6.45, 7) is 2.75. The van der Waals surface area contributed by atoms with Crippen LogP contribution in [0.3, 0.4) is 0 Å². The molecule has 3 nitrogen and oxygen atoms in total. The number of benzene rings is 3. The molecular formula is C26H20NO2S+. The Morgan fingerprint density at radius 1 is 0.967 bits per heavy atom. The normalized spacial score (nSPS) is 11.6. The van der Waals surface area contributed by atoms with Crippen molar-refractivity contribution in [2.75, 3.05) is 0 Å². The minimum Gasteiger partial charge on any atom is -0.463 e. The van der Waals surface area contributed by atoms with Crippen molar-refractivity contribution in [3.8, 4) is 0 Å². The van der Waals surface area contributed by atoms with Crippen LogP contribution >= 0.6 is 11.3 Å². The number of thiazole rings is 1. The average molecular weight is 411 g/mol. The fourth-order valence-electron chi connectivity index (χ4n) is 3.64. The highest BCUT2D eigenvalue weighted by Gasteiger charge is 2.18. The molecule has 0 N–H and O–H groups in total. The number of fused-ring (bicyclic) bond motifs is 2. The Balaban J connectivity index is 1.59. The first-order chi connectivity index (χ1) is 14.7. The molecule has 2 heterocycles. The van der Waals surface area contributed by atoms with E-state index in [1.54, 1.807) is 17.6 Å². The van der Waals surface area contributed by atoms with E-state index in [0.717, 1.165) is 17.1 Å². The molecule has 0 saturated carbocycles. The van der Waals surface area contributed by atoms with Crippen molar-refractivity contribution in [2.24, 2.45) is 0 Å². The first kappa shape index (κ1) is 18.5. The number of hydrogen-bond donors (Lipinski definition) is 0. The van der Waals surface area contributed by atoms with Crippen molar-refractivity contribution < 1.29 is 8.98 Å². The SMILES string of the molecule is Cc1ccc2occ(/C=C/c3sc4ccccc4[n+]3Cc3ccccc3)c(=O)c2c1. The van der Waals surface area contributed by atoms with Gasteiger partial charge in [-0.15, -0.1) is 0 Å². The summed E-state index contributed by atoms with van der Waals surface area (Å²) < 4.78 is 9.20. The van der Waals surface area contributed by atoms with Gasteiger partial charge in [-0.3, -0.25) is 4.79 Å². The van der Waals surface area contributed by atoms with Crippen LogP contribution in [0.5, 0.6) is 0 Å². The summed E-state index contributed by atoms with van der Waals surface area (Å²) in [5.74, 6) is 0. The van der Waals surface area contributed by atoms with Crippen LogP contribution in [0.15, 0.2) is 88.3 Å². The topological polar surface area (TPSA) is 34.1 Å². The van der Waals surface area contributed by atoms with Gasteiger partial charge in [0.05, 0.1) is 10.9 Å². The van der Waals surface area contributed by atoms with Gasteiger partial charge in [-0.25, -0.2) is 0 Å². The van der Waals surface area contributed by atoms with Crippen molar-refractivity contribution in [3.05, 3.63) is 111 Å². The van der Waals surface area contributed by atoms with E-state index in [-0.39, 0.29) is 5.43 Å². The fourth-order valence-corrected chi connectivity index (χ4v) is 4.71. The lowest BCUT2D eigenvalue weighted by atomic mass is 10.1. The smallest absolute Gasteiger partial charge is 0.263 e. The molecule has 30 heavy (non-hydrogen) atoms. The zero-order valence-electron chi connectivity index (χ0n) is 16.5. The van der Waals surface area contributed by atoms with Crippen LogP contribution in [0, 0.1) is 6.92 Å². The van der Waals surface area contributed by atoms with Crippen LogP contribution in [0.25, 0.3) is 33.3 Å². The van der Waals surface area contributed by atoms with Crippen LogP contribution in [-0.4, -0.2) is 0 Å². The Hall–Kier alpha value is -3.50. The molecule has 0 spiro atoms. The first-order valence-corrected chi connectivity index (χ1v) is 10.7. The van der Waals surface area contributed by atoms with Gasteiger partial charge in [-0.05, 0) is 31.2 Å². The lowest BCUT2D eigenvalue weighted by molar-refractivity contribution is -0.659. The molecule has 2 aromatic heterocycles. The van der Waals surface area contributed by atoms with Gasteiger partial charge >= 0.3 is 0 Å². The van der Waals surface area contributed by atoms with Gasteiger partial charge in [0.2, 0.25) is 5.52 Å². The summed E-state index contributed by atoms with van der Waals surface area (Å²) in [7, 11) is 0. The molecule has 4 heteroatoms. The third kappa shape index (κ3) is 3.46. The van der Waals surface area contributed by atoms with Gasteiger partial charge in [0.15, 0.2) is 12.0 Å². The van der Waals surface area contributed by atoms with E-state index in [0.29, 0.717) is 16.5 Å². The molecule has 0 aliphatic rings. The Bertz CT molecular complexity index is 1440. The molecular weight excluding hydrogens is 390 g/mol. The van der Waals surface area contributed by atoms with E-state index in [1.807, 2.05) is 43.3 Å². The van der Waals surface area contributed by atoms with Crippen molar-refractivity contribution in [1.29, 1.82) is 0 Å². The molecule has 146 valence electrons. The standard InChI is InChI=1S/C26H20NO2S/c1-18-11-13-23-21(15-18)26(28)20(17-29-23)12-14-25-27(16-19-7-3-2-4-8-19)22-9-5-6-10-24(22)30-25/h2-15,17H,16H2,1H3/q+1/b14-12+. The van der Waals surface area contributed by atoms with E-state index in [9.17, 15) is 4.79 Å². The van der Waals surface area contributed by atoms with Gasteiger partial charge in [-0.1, -0.05) is 65.4 Å². The molecule has 0 saturated heterocycles. The monoisotopic (exact) mass is 410 g/mol. The van der Waals surface area contributed by atoms with Crippen LogP contribution < -0.4 is 10.00 Å². The lowest BCUT2D eigenvalue weighted by Crippen LogP contribution is -2.35. The highest BCUT2D eigenvalue weighted by Crippen LogP contribution is 2.23. The highest BCUT2D eigenvalue weighted by atomic mass is 32.1. The Labute approximate surface area is 178 Å². The number of aromatic nitrogens is 1. The predicted octanol–water partition coefficient (Wildman–Crippen LogP) is 5.82. The minimum absolute atomic E-state index is 0.00748. The van der Waals surface area contributed by atoms with Crippen LogP contribution in [-0.2, 0) is 6.54 Å². The lowest BCUT2D eigenvalue weighted by Gasteiger charge is -2.00. The summed E-state index contributed by atoms with van der Waals surface area (Å²) in [5, 5.41) is 1.70. The molecule has 5 aromatic rings. The molecule has 5 rings (SSSR count). The maximum atomic E-state index is 12.9. The maximum Gasteiger partial charge on any atom is 0.263 e. The molecule has 0 radical (unpaired) electrons. The van der Waals surface area contributed by atoms with E-state index in [1.165, 1.54) is 15.8 Å². The number of hydrogen-bond acceptors (Lipinski definition) is 3. The Morgan fingerprint density at radius 2 is 1.77 bits per heavy atom. The molecule has 0 aliphatic heterocycles. The molecule has 3 aromatic carbocycles. The second-order valence-electron chi connectivity index (χ2n) is 7.33. The molecule has 0 amide bonds. The van der Waals surface area contributed by atoms with Gasteiger partial charge in [0, 0.05) is 17.7 Å². The van der Waals surface area contributed by atoms with Crippen LogP contribution in [0.2, 0.25) is 0 Å². The average Bonchev–Trinajstić information content (AvgIpc) is 3.12. The molecule has 0 aliphatic carbocycles. The van der Waals surface area contributed by atoms with E-state index in [4.69, 9.17) is 4.42 Å². The van der Waals surface area contributed by atoms with Crippen molar-refractivity contribution in [2.45, 2.75) is 13.5 Å². The van der Waals surface area contributed by atoms with Gasteiger partial charge in [-0.2, -0.15) is 4.57 Å². The number of aryl methyl sites for hydroxylation is 1. The van der Waals surface area contributed by atoms with E-state index < -0.39 is 0 Å². The second kappa shape index (κ2) is 7.73. The quantitative estimate of drug-likeness (QED) is 0.350. The molecule has 0 fully saturated rings. The summed E-state index contributed by atoms with van der Waals surface area (Å²) in [6.07, 6.45) is 5.42. The summed E-state index contributed by atoms with van der Waals surface area (Å²) in [4.78, 5) is 12.9. The third-order valence-electron chi connectivity index (χ3n) is 5.18. The second-order valence-corrected chi connectivity index (χ2v) is 8.40. The van der Waals surface area contributed by atoms with Crippen molar-refractivity contribution in [3.63, 3.8) is 0 Å². The van der Waals surface area contributed by atoms with Gasteiger partial charge in [0.25, 0.3) is 5.01 Å². The Morgan fingerprint density at radius 3 is 2.63 bits per heavy atom. The third-order valence-corrected chi connectivity index (χ3v) is 6.31. The van der Waals surface area contributed by atoms with Gasteiger partial charge in [0.1, 0.15) is 16.5 Å². The van der Waals surface area contributed by atoms with E-state index >= 15 is 0 Å². The Kier molecular flexibility index (Phi) is 4.77. The zero-order chi connectivity index (χ0) is 20.5. The number of nitrogens with zero attached hydrogens (tertiary/aromatic N) is 1. The summed E-state index contributed by atoms with van der Waals surface area (Å²) >= 11 is 1.72. The molecule has 0 unspecified atom stereocenters. The molecule has 0 atom stereocenters. The fraction of sp³-hybridized carbons (Fsp3) is 0.0769. The largest absolute Gasteiger partial charge is 0.463 e. The summed E-state index contributed by atoms with van der Waals surface area (Å²) in [5.41, 5.74) is 4.63. The van der Waals surface area contributed by atoms with Crippen molar-refractivity contribution >= 4 is 44.7 Å². The van der Waals surface area contributed by atoms with Gasteiger partial charge < -0.3 is 4.42 Å². The maximum absolute atomic E-state index is 12.9. The highest BCUT2D eigenvalue weighted by molar-refractivity contribution is 7.18. The number of para-hydroxylation sites is 1. The first-order valence-electron chi connectivity index (χ1n) is 9.84. The zero-order valence-corrected chi connectivity index (χ0v) is 17.4. The molecule has 0 bridgehead atoms.